The van der Waals surface area contributed by atoms with Gasteiger partial charge in [-0.3, -0.25) is 9.59 Å². The first-order valence-corrected chi connectivity index (χ1v) is 4.00. The van der Waals surface area contributed by atoms with Crippen molar-refractivity contribution in [1.82, 2.24) is 5.32 Å². The molecule has 0 rings (SSSR count). The zero-order valence-corrected chi connectivity index (χ0v) is 7.85. The summed E-state index contributed by atoms with van der Waals surface area (Å²) in [5.74, 6) is -0.627. The molecule has 0 aromatic carbocycles. The summed E-state index contributed by atoms with van der Waals surface area (Å²) in [6.07, 6.45) is 0. The van der Waals surface area contributed by atoms with E-state index in [9.17, 15) is 9.59 Å². The van der Waals surface area contributed by atoms with Crippen LogP contribution < -0.4 is 5.32 Å². The first-order valence-electron chi connectivity index (χ1n) is 3.46. The Morgan fingerprint density at radius 1 is 1.58 bits per heavy atom. The highest BCUT2D eigenvalue weighted by molar-refractivity contribution is 6.28. The molecule has 70 valence electrons. The molecule has 0 saturated carbocycles. The lowest BCUT2D eigenvalue weighted by atomic mass is 10.2. The summed E-state index contributed by atoms with van der Waals surface area (Å²) >= 11 is 5.31. The third kappa shape index (κ3) is 4.31. The van der Waals surface area contributed by atoms with Gasteiger partial charge in [-0.1, -0.05) is 0 Å². The van der Waals surface area contributed by atoms with E-state index in [0.717, 1.165) is 0 Å². The first kappa shape index (κ1) is 11.4. The molecule has 5 heteroatoms. The van der Waals surface area contributed by atoms with Gasteiger partial charge in [-0.2, -0.15) is 0 Å². The molecule has 0 aliphatic carbocycles. The predicted octanol–water partition coefficient (Wildman–Crippen LogP) is -0.0546. The van der Waals surface area contributed by atoms with Crippen molar-refractivity contribution in [1.29, 1.82) is 0 Å². The van der Waals surface area contributed by atoms with E-state index in [0.29, 0.717) is 0 Å². The van der Waals surface area contributed by atoms with Crippen LogP contribution in [0.1, 0.15) is 6.92 Å². The van der Waals surface area contributed by atoms with Crippen molar-refractivity contribution in [2.75, 3.05) is 19.6 Å². The summed E-state index contributed by atoms with van der Waals surface area (Å²) in [5.41, 5.74) is 0. The van der Waals surface area contributed by atoms with Gasteiger partial charge in [0.1, 0.15) is 6.04 Å². The Labute approximate surface area is 76.2 Å². The number of nitrogens with one attached hydrogen (secondary N) is 1. The maximum Gasteiger partial charge on any atom is 0.217 e. The third-order valence-corrected chi connectivity index (χ3v) is 1.49. The van der Waals surface area contributed by atoms with E-state index in [1.54, 1.807) is 0 Å². The fraction of sp³-hybridized carbons (Fsp3) is 0.714. The van der Waals surface area contributed by atoms with Gasteiger partial charge in [0.15, 0.2) is 5.78 Å². The summed E-state index contributed by atoms with van der Waals surface area (Å²) in [4.78, 5) is 21.6. The van der Waals surface area contributed by atoms with E-state index < -0.39 is 6.04 Å². The van der Waals surface area contributed by atoms with Crippen molar-refractivity contribution in [2.24, 2.45) is 0 Å². The van der Waals surface area contributed by atoms with Crippen LogP contribution >= 0.6 is 11.6 Å². The summed E-state index contributed by atoms with van der Waals surface area (Å²) in [7, 11) is 1.45. The number of hydrogen-bond donors (Lipinski definition) is 1. The molecule has 4 nitrogen and oxygen atoms in total. The van der Waals surface area contributed by atoms with Crippen LogP contribution in [0.25, 0.3) is 0 Å². The van der Waals surface area contributed by atoms with Crippen LogP contribution in [0.15, 0.2) is 0 Å². The maximum atomic E-state index is 11.0. The zero-order chi connectivity index (χ0) is 9.56. The molecule has 0 fully saturated rings. The van der Waals surface area contributed by atoms with Crippen LogP contribution in [0, 0.1) is 0 Å². The smallest absolute Gasteiger partial charge is 0.217 e. The van der Waals surface area contributed by atoms with E-state index in [1.165, 1.54) is 14.0 Å². The molecule has 0 aliphatic rings. The predicted molar refractivity (Wildman–Crippen MR) is 45.2 cm³/mol. The van der Waals surface area contributed by atoms with Crippen molar-refractivity contribution in [3.63, 3.8) is 0 Å². The van der Waals surface area contributed by atoms with Crippen LogP contribution in [-0.2, 0) is 14.3 Å². The van der Waals surface area contributed by atoms with Gasteiger partial charge in [0.05, 0.1) is 12.5 Å². The second-order valence-corrected chi connectivity index (χ2v) is 2.58. The molecule has 0 radical (unpaired) electrons. The molecule has 1 amide bonds. The number of halogens is 1. The number of Topliss-reactive ketones (excluding diaryl/α,β-unsaturated/α-hetero) is 1. The molecular formula is C7H12ClNO3. The minimum absolute atomic E-state index is 0.117. The Balaban J connectivity index is 4.02. The standard InChI is InChI=1S/C7H12ClNO3/c1-5(10)9-6(4-12-2)7(11)3-8/h6H,3-4H2,1-2H3,(H,9,10). The number of alkyl halides is 1. The van der Waals surface area contributed by atoms with Crippen molar-refractivity contribution in [2.45, 2.75) is 13.0 Å². The number of hydrogen-bond acceptors (Lipinski definition) is 3. The second-order valence-electron chi connectivity index (χ2n) is 2.31. The minimum atomic E-state index is -0.620. The van der Waals surface area contributed by atoms with Gasteiger partial charge in [-0.05, 0) is 0 Å². The third-order valence-electron chi connectivity index (χ3n) is 1.23. The lowest BCUT2D eigenvalue weighted by Crippen LogP contribution is -2.43. The second kappa shape index (κ2) is 5.97. The van der Waals surface area contributed by atoms with E-state index >= 15 is 0 Å². The quantitative estimate of drug-likeness (QED) is 0.623. The molecule has 1 N–H and O–H groups in total. The largest absolute Gasteiger partial charge is 0.382 e. The maximum absolute atomic E-state index is 11.0. The number of carbonyl (C=O) groups is 2. The lowest BCUT2D eigenvalue weighted by molar-refractivity contribution is -0.126. The molecule has 12 heavy (non-hydrogen) atoms. The lowest BCUT2D eigenvalue weighted by Gasteiger charge is -2.13. The number of amides is 1. The number of carbonyl (C=O) groups excluding carboxylic acids is 2. The highest BCUT2D eigenvalue weighted by Crippen LogP contribution is 1.90. The van der Waals surface area contributed by atoms with Crippen LogP contribution in [0.3, 0.4) is 0 Å². The SMILES string of the molecule is COCC(NC(C)=O)C(=O)CCl. The molecule has 1 atom stereocenters. The summed E-state index contributed by atoms with van der Waals surface area (Å²) in [6, 6.07) is -0.620. The van der Waals surface area contributed by atoms with Crippen molar-refractivity contribution >= 4 is 23.3 Å². The van der Waals surface area contributed by atoms with Crippen LogP contribution in [-0.4, -0.2) is 37.3 Å². The fourth-order valence-electron chi connectivity index (χ4n) is 0.720. The Kier molecular flexibility index (Phi) is 5.66. The average Bonchev–Trinajstić information content (AvgIpc) is 2.01. The Hall–Kier alpha value is -0.610. The van der Waals surface area contributed by atoms with Gasteiger partial charge in [-0.25, -0.2) is 0 Å². The van der Waals surface area contributed by atoms with Crippen LogP contribution in [0.2, 0.25) is 0 Å². The summed E-state index contributed by atoms with van der Waals surface area (Å²) in [5, 5.41) is 2.43. The van der Waals surface area contributed by atoms with Gasteiger partial charge in [0.25, 0.3) is 0 Å². The molecule has 0 spiro atoms. The molecule has 1 unspecified atom stereocenters. The molecule has 0 saturated heterocycles. The van der Waals surface area contributed by atoms with Crippen molar-refractivity contribution in [3.8, 4) is 0 Å². The average molecular weight is 194 g/mol. The molecule has 0 bridgehead atoms. The summed E-state index contributed by atoms with van der Waals surface area (Å²) in [6.45, 7) is 1.50. The van der Waals surface area contributed by atoms with Crippen molar-refractivity contribution < 1.29 is 14.3 Å². The zero-order valence-electron chi connectivity index (χ0n) is 7.09. The van der Waals surface area contributed by atoms with Gasteiger partial charge in [0.2, 0.25) is 5.91 Å². The Bertz CT molecular complexity index is 172. The number of methoxy groups -OCH3 is 1. The minimum Gasteiger partial charge on any atom is -0.382 e. The van der Waals surface area contributed by atoms with E-state index in [1.807, 2.05) is 0 Å². The van der Waals surface area contributed by atoms with Gasteiger partial charge in [-0.15, -0.1) is 11.6 Å². The van der Waals surface area contributed by atoms with Gasteiger partial charge in [0, 0.05) is 14.0 Å². The Morgan fingerprint density at radius 2 is 2.17 bits per heavy atom. The van der Waals surface area contributed by atoms with E-state index in [2.05, 4.69) is 5.32 Å². The number of ether oxygens (including phenoxy) is 1. The normalized spacial score (nSPS) is 12.2. The van der Waals surface area contributed by atoms with E-state index in [4.69, 9.17) is 16.3 Å². The number of rotatable bonds is 5. The monoisotopic (exact) mass is 193 g/mol. The van der Waals surface area contributed by atoms with Crippen LogP contribution in [0.4, 0.5) is 0 Å². The molecule has 0 aromatic heterocycles. The fourth-order valence-corrected chi connectivity index (χ4v) is 0.907. The number of ketones is 1. The summed E-state index contributed by atoms with van der Waals surface area (Å²) < 4.78 is 4.73. The van der Waals surface area contributed by atoms with E-state index in [-0.39, 0.29) is 24.2 Å². The van der Waals surface area contributed by atoms with Crippen molar-refractivity contribution in [3.05, 3.63) is 0 Å². The molecule has 0 aliphatic heterocycles. The molecule has 0 heterocycles. The highest BCUT2D eigenvalue weighted by Gasteiger charge is 2.17. The molecular weight excluding hydrogens is 182 g/mol. The topological polar surface area (TPSA) is 55.4 Å². The van der Waals surface area contributed by atoms with Crippen LogP contribution in [0.5, 0.6) is 0 Å². The highest BCUT2D eigenvalue weighted by atomic mass is 35.5. The van der Waals surface area contributed by atoms with Gasteiger partial charge >= 0.3 is 0 Å². The van der Waals surface area contributed by atoms with Gasteiger partial charge < -0.3 is 10.1 Å². The molecule has 0 aromatic rings. The Morgan fingerprint density at radius 3 is 2.50 bits per heavy atom. The first-order chi connectivity index (χ1) is 5.61.